The van der Waals surface area contributed by atoms with Crippen LogP contribution >= 0.6 is 12.2 Å². The van der Waals surface area contributed by atoms with Crippen LogP contribution in [0.2, 0.25) is 0 Å². The van der Waals surface area contributed by atoms with Crippen molar-refractivity contribution in [1.29, 1.82) is 0 Å². The molecule has 1 saturated heterocycles. The predicted octanol–water partition coefficient (Wildman–Crippen LogP) is 2.46. The molecule has 8 heteroatoms. The molecule has 7 nitrogen and oxygen atoms in total. The van der Waals surface area contributed by atoms with Crippen LogP contribution in [0.4, 0.5) is 0 Å². The molecule has 0 atom stereocenters. The fourth-order valence-electron chi connectivity index (χ4n) is 2.52. The van der Waals surface area contributed by atoms with E-state index in [0.717, 1.165) is 0 Å². The second-order valence-corrected chi connectivity index (χ2v) is 6.00. The zero-order valence-electron chi connectivity index (χ0n) is 14.0. The number of aromatic carboxylic acids is 1. The first kappa shape index (κ1) is 18.3. The molecule has 2 heterocycles. The molecule has 2 amide bonds. The summed E-state index contributed by atoms with van der Waals surface area (Å²) in [4.78, 5) is 36.9. The molecular weight excluding hydrogens is 368 g/mol. The summed E-state index contributed by atoms with van der Waals surface area (Å²) in [6.45, 7) is 3.73. The van der Waals surface area contributed by atoms with Gasteiger partial charge in [-0.2, -0.15) is 0 Å². The number of carbonyl (C=O) groups excluding carboxylic acids is 2. The summed E-state index contributed by atoms with van der Waals surface area (Å²) in [5, 5.41) is 11.6. The second kappa shape index (κ2) is 7.38. The van der Waals surface area contributed by atoms with Crippen molar-refractivity contribution in [3.05, 3.63) is 65.9 Å². The molecule has 2 N–H and O–H groups in total. The summed E-state index contributed by atoms with van der Waals surface area (Å²) in [6, 6.07) is 9.46. The number of thiocarbonyl (C=S) groups is 1. The third-order valence-electron chi connectivity index (χ3n) is 3.80. The summed E-state index contributed by atoms with van der Waals surface area (Å²) in [6.07, 6.45) is 2.82. The van der Waals surface area contributed by atoms with E-state index in [0.29, 0.717) is 11.3 Å². The lowest BCUT2D eigenvalue weighted by molar-refractivity contribution is -0.128. The molecule has 0 saturated carbocycles. The Hall–Kier alpha value is -3.52. The zero-order chi connectivity index (χ0) is 19.6. The monoisotopic (exact) mass is 382 g/mol. The first-order valence-electron chi connectivity index (χ1n) is 7.84. The molecule has 1 aromatic heterocycles. The number of carboxylic acids is 1. The van der Waals surface area contributed by atoms with Gasteiger partial charge < -0.3 is 9.52 Å². The molecule has 1 aromatic carbocycles. The second-order valence-electron chi connectivity index (χ2n) is 5.61. The molecule has 0 radical (unpaired) electrons. The summed E-state index contributed by atoms with van der Waals surface area (Å²) in [5.74, 6) is -1.53. The van der Waals surface area contributed by atoms with E-state index < -0.39 is 17.8 Å². The van der Waals surface area contributed by atoms with Crippen LogP contribution in [0.3, 0.4) is 0 Å². The highest BCUT2D eigenvalue weighted by molar-refractivity contribution is 7.80. The van der Waals surface area contributed by atoms with Gasteiger partial charge in [0.05, 0.1) is 5.56 Å². The first-order chi connectivity index (χ1) is 12.9. The first-order valence-corrected chi connectivity index (χ1v) is 8.25. The number of carbonyl (C=O) groups is 3. The maximum Gasteiger partial charge on any atom is 0.335 e. The quantitative estimate of drug-likeness (QED) is 0.357. The Morgan fingerprint density at radius 3 is 2.78 bits per heavy atom. The van der Waals surface area contributed by atoms with Crippen LogP contribution in [0.25, 0.3) is 17.4 Å². The number of furan rings is 1. The standard InChI is InChI=1S/C19H14N2O5S/c1-2-8-21-17(23)14(16(22)20-19(21)27)10-13-6-7-15(26-13)11-4-3-5-12(9-11)18(24)25/h2-7,9-10H,1,8H2,(H,24,25)(H,20,22,27). The van der Waals surface area contributed by atoms with Crippen LogP contribution in [0.1, 0.15) is 16.1 Å². The van der Waals surface area contributed by atoms with E-state index in [9.17, 15) is 14.4 Å². The topological polar surface area (TPSA) is 99.8 Å². The van der Waals surface area contributed by atoms with Crippen molar-refractivity contribution < 1.29 is 23.9 Å². The van der Waals surface area contributed by atoms with Gasteiger partial charge in [-0.25, -0.2) is 4.79 Å². The van der Waals surface area contributed by atoms with Crippen LogP contribution in [-0.2, 0) is 9.59 Å². The van der Waals surface area contributed by atoms with E-state index in [2.05, 4.69) is 11.9 Å². The number of hydrogen-bond acceptors (Lipinski definition) is 5. The molecule has 136 valence electrons. The minimum Gasteiger partial charge on any atom is -0.478 e. The van der Waals surface area contributed by atoms with Gasteiger partial charge >= 0.3 is 5.97 Å². The largest absolute Gasteiger partial charge is 0.478 e. The van der Waals surface area contributed by atoms with E-state index in [1.165, 1.54) is 29.2 Å². The van der Waals surface area contributed by atoms with Gasteiger partial charge in [-0.3, -0.25) is 19.8 Å². The number of nitrogens with one attached hydrogen (secondary N) is 1. The van der Waals surface area contributed by atoms with Crippen molar-refractivity contribution in [2.75, 3.05) is 6.54 Å². The third kappa shape index (κ3) is 3.70. The van der Waals surface area contributed by atoms with Crippen molar-refractivity contribution in [2.45, 2.75) is 0 Å². The van der Waals surface area contributed by atoms with Gasteiger partial charge in [0.2, 0.25) is 0 Å². The highest BCUT2D eigenvalue weighted by atomic mass is 32.1. The summed E-state index contributed by atoms with van der Waals surface area (Å²) < 4.78 is 5.65. The van der Waals surface area contributed by atoms with Gasteiger partial charge in [0, 0.05) is 12.1 Å². The third-order valence-corrected chi connectivity index (χ3v) is 4.13. The molecule has 1 aliphatic heterocycles. The number of amides is 2. The Kier molecular flexibility index (Phi) is 5.00. The van der Waals surface area contributed by atoms with Crippen molar-refractivity contribution in [3.63, 3.8) is 0 Å². The van der Waals surface area contributed by atoms with E-state index in [-0.39, 0.29) is 28.6 Å². The molecule has 0 aliphatic carbocycles. The number of nitrogens with zero attached hydrogens (tertiary/aromatic N) is 1. The van der Waals surface area contributed by atoms with Crippen molar-refractivity contribution >= 4 is 41.2 Å². The van der Waals surface area contributed by atoms with Crippen molar-refractivity contribution in [1.82, 2.24) is 10.2 Å². The van der Waals surface area contributed by atoms with Crippen LogP contribution in [0, 0.1) is 0 Å². The molecule has 0 spiro atoms. The lowest BCUT2D eigenvalue weighted by atomic mass is 10.1. The van der Waals surface area contributed by atoms with Gasteiger partial charge in [0.1, 0.15) is 17.1 Å². The Morgan fingerprint density at radius 1 is 1.30 bits per heavy atom. The van der Waals surface area contributed by atoms with E-state index >= 15 is 0 Å². The van der Waals surface area contributed by atoms with E-state index in [4.69, 9.17) is 21.7 Å². The van der Waals surface area contributed by atoms with Gasteiger partial charge in [-0.1, -0.05) is 18.2 Å². The molecule has 0 unspecified atom stereocenters. The Balaban J connectivity index is 1.92. The summed E-state index contributed by atoms with van der Waals surface area (Å²) in [7, 11) is 0. The number of benzene rings is 1. The average molecular weight is 382 g/mol. The normalized spacial score (nSPS) is 15.8. The molecular formula is C19H14N2O5S. The van der Waals surface area contributed by atoms with Gasteiger partial charge in [0.15, 0.2) is 5.11 Å². The van der Waals surface area contributed by atoms with E-state index in [1.807, 2.05) is 0 Å². The number of rotatable bonds is 5. The van der Waals surface area contributed by atoms with Gasteiger partial charge in [0.25, 0.3) is 11.8 Å². The van der Waals surface area contributed by atoms with Crippen LogP contribution in [0.5, 0.6) is 0 Å². The zero-order valence-corrected chi connectivity index (χ0v) is 14.8. The summed E-state index contributed by atoms with van der Waals surface area (Å²) in [5.41, 5.74) is 0.568. The highest BCUT2D eigenvalue weighted by Crippen LogP contribution is 2.25. The predicted molar refractivity (Wildman–Crippen MR) is 102 cm³/mol. The highest BCUT2D eigenvalue weighted by Gasteiger charge is 2.32. The van der Waals surface area contributed by atoms with Crippen molar-refractivity contribution in [3.8, 4) is 11.3 Å². The molecule has 1 fully saturated rings. The molecule has 27 heavy (non-hydrogen) atoms. The molecule has 0 bridgehead atoms. The minimum atomic E-state index is -1.05. The smallest absolute Gasteiger partial charge is 0.335 e. The summed E-state index contributed by atoms with van der Waals surface area (Å²) >= 11 is 4.99. The van der Waals surface area contributed by atoms with Gasteiger partial charge in [-0.05, 0) is 42.6 Å². The maximum absolute atomic E-state index is 12.5. The molecule has 3 rings (SSSR count). The Labute approximate surface area is 159 Å². The van der Waals surface area contributed by atoms with E-state index in [1.54, 1.807) is 24.3 Å². The van der Waals surface area contributed by atoms with Crippen LogP contribution in [0.15, 0.2) is 59.0 Å². The SMILES string of the molecule is C=CCN1C(=O)C(=Cc2ccc(-c3cccc(C(=O)O)c3)o2)C(=O)NC1=S. The van der Waals surface area contributed by atoms with Crippen molar-refractivity contribution in [2.24, 2.45) is 0 Å². The van der Waals surface area contributed by atoms with Crippen LogP contribution < -0.4 is 5.32 Å². The van der Waals surface area contributed by atoms with Crippen LogP contribution in [-0.4, -0.2) is 39.4 Å². The minimum absolute atomic E-state index is 0.0210. The fourth-order valence-corrected chi connectivity index (χ4v) is 2.77. The molecule has 2 aromatic rings. The fraction of sp³-hybridized carbons (Fsp3) is 0.0526. The maximum atomic E-state index is 12.5. The van der Waals surface area contributed by atoms with Gasteiger partial charge in [-0.15, -0.1) is 6.58 Å². The number of carboxylic acid groups (broad SMARTS) is 1. The Morgan fingerprint density at radius 2 is 2.07 bits per heavy atom. The number of hydrogen-bond donors (Lipinski definition) is 2. The average Bonchev–Trinajstić information content (AvgIpc) is 3.11. The lowest BCUT2D eigenvalue weighted by Gasteiger charge is -2.27. The Bertz CT molecular complexity index is 1010. The molecule has 1 aliphatic rings. The lowest BCUT2D eigenvalue weighted by Crippen LogP contribution is -2.53.